The molecule has 2 aromatic rings. The third kappa shape index (κ3) is 2.74. The molecular weight excluding hydrogens is 250 g/mol. The van der Waals surface area contributed by atoms with Crippen LogP contribution in [-0.2, 0) is 17.9 Å². The molecule has 104 valence electrons. The molecule has 4 heteroatoms. The fourth-order valence-electron chi connectivity index (χ4n) is 2.54. The minimum absolute atomic E-state index is 0.138. The summed E-state index contributed by atoms with van der Waals surface area (Å²) in [6.45, 7) is 3.47. The van der Waals surface area contributed by atoms with Gasteiger partial charge < -0.3 is 5.32 Å². The molecule has 1 aromatic heterocycles. The SMILES string of the molecule is CCn1cc(CNC(=O)C2CC2c2ccccc2)cn1. The normalized spacial score (nSPS) is 20.6. The predicted octanol–water partition coefficient (Wildman–Crippen LogP) is 2.32. The molecule has 1 amide bonds. The van der Waals surface area contributed by atoms with Crippen LogP contribution in [0.5, 0.6) is 0 Å². The van der Waals surface area contributed by atoms with E-state index in [0.717, 1.165) is 18.5 Å². The number of aromatic nitrogens is 2. The monoisotopic (exact) mass is 269 g/mol. The van der Waals surface area contributed by atoms with Gasteiger partial charge >= 0.3 is 0 Å². The van der Waals surface area contributed by atoms with Crippen LogP contribution in [-0.4, -0.2) is 15.7 Å². The molecule has 0 radical (unpaired) electrons. The summed E-state index contributed by atoms with van der Waals surface area (Å²) >= 11 is 0. The molecule has 0 spiro atoms. The molecule has 1 aromatic carbocycles. The highest BCUT2D eigenvalue weighted by atomic mass is 16.2. The van der Waals surface area contributed by atoms with Crippen LogP contribution < -0.4 is 5.32 Å². The van der Waals surface area contributed by atoms with Gasteiger partial charge in [-0.1, -0.05) is 30.3 Å². The van der Waals surface area contributed by atoms with E-state index in [2.05, 4.69) is 22.5 Å². The summed E-state index contributed by atoms with van der Waals surface area (Å²) < 4.78 is 1.87. The van der Waals surface area contributed by atoms with Gasteiger partial charge in [0.15, 0.2) is 0 Å². The summed E-state index contributed by atoms with van der Waals surface area (Å²) in [5, 5.41) is 7.21. The Hall–Kier alpha value is -2.10. The van der Waals surface area contributed by atoms with Crippen LogP contribution >= 0.6 is 0 Å². The molecule has 3 rings (SSSR count). The Morgan fingerprint density at radius 1 is 1.40 bits per heavy atom. The van der Waals surface area contributed by atoms with Gasteiger partial charge in [0.25, 0.3) is 0 Å². The fraction of sp³-hybridized carbons (Fsp3) is 0.375. The second kappa shape index (κ2) is 5.49. The summed E-state index contributed by atoms with van der Waals surface area (Å²) in [4.78, 5) is 12.1. The molecule has 1 saturated carbocycles. The van der Waals surface area contributed by atoms with Gasteiger partial charge in [-0.05, 0) is 24.8 Å². The number of amides is 1. The molecule has 1 fully saturated rings. The standard InChI is InChI=1S/C16H19N3O/c1-2-19-11-12(10-18-19)9-17-16(20)15-8-14(15)13-6-4-3-5-7-13/h3-7,10-11,14-15H,2,8-9H2,1H3,(H,17,20). The van der Waals surface area contributed by atoms with Gasteiger partial charge in [0.1, 0.15) is 0 Å². The van der Waals surface area contributed by atoms with Gasteiger partial charge in [0, 0.05) is 30.8 Å². The Kier molecular flexibility index (Phi) is 3.54. The van der Waals surface area contributed by atoms with Gasteiger partial charge in [0.2, 0.25) is 5.91 Å². The van der Waals surface area contributed by atoms with Crippen LogP contribution in [0, 0.1) is 5.92 Å². The molecule has 1 N–H and O–H groups in total. The molecule has 0 saturated heterocycles. The van der Waals surface area contributed by atoms with Crippen LogP contribution in [0.25, 0.3) is 0 Å². The largest absolute Gasteiger partial charge is 0.352 e. The number of aryl methyl sites for hydroxylation is 1. The van der Waals surface area contributed by atoms with Crippen molar-refractivity contribution in [3.63, 3.8) is 0 Å². The molecule has 0 bridgehead atoms. The second-order valence-electron chi connectivity index (χ2n) is 5.28. The van der Waals surface area contributed by atoms with Crippen molar-refractivity contribution < 1.29 is 4.79 Å². The summed E-state index contributed by atoms with van der Waals surface area (Å²) in [5.74, 6) is 0.691. The van der Waals surface area contributed by atoms with E-state index in [1.807, 2.05) is 42.2 Å². The lowest BCUT2D eigenvalue weighted by Gasteiger charge is -2.03. The molecule has 2 atom stereocenters. The summed E-state index contributed by atoms with van der Waals surface area (Å²) in [6.07, 6.45) is 4.75. The molecular formula is C16H19N3O. The zero-order chi connectivity index (χ0) is 13.9. The number of rotatable bonds is 5. The first-order valence-corrected chi connectivity index (χ1v) is 7.12. The summed E-state index contributed by atoms with van der Waals surface area (Å²) in [6, 6.07) is 10.3. The first-order valence-electron chi connectivity index (χ1n) is 7.12. The maximum absolute atomic E-state index is 12.1. The Labute approximate surface area is 118 Å². The van der Waals surface area contributed by atoms with Gasteiger partial charge in [-0.2, -0.15) is 5.10 Å². The minimum Gasteiger partial charge on any atom is -0.352 e. The van der Waals surface area contributed by atoms with Crippen molar-refractivity contribution >= 4 is 5.91 Å². The number of nitrogens with zero attached hydrogens (tertiary/aromatic N) is 2. The molecule has 1 aliphatic carbocycles. The first-order chi connectivity index (χ1) is 9.78. The van der Waals surface area contributed by atoms with E-state index in [9.17, 15) is 4.79 Å². The van der Waals surface area contributed by atoms with E-state index in [1.165, 1.54) is 5.56 Å². The van der Waals surface area contributed by atoms with Crippen molar-refractivity contribution in [2.75, 3.05) is 0 Å². The van der Waals surface area contributed by atoms with E-state index >= 15 is 0 Å². The zero-order valence-corrected chi connectivity index (χ0v) is 11.6. The van der Waals surface area contributed by atoms with Crippen LogP contribution in [0.15, 0.2) is 42.7 Å². The Balaban J connectivity index is 1.51. The average molecular weight is 269 g/mol. The smallest absolute Gasteiger partial charge is 0.224 e. The van der Waals surface area contributed by atoms with Crippen LogP contribution in [0.2, 0.25) is 0 Å². The van der Waals surface area contributed by atoms with Crippen LogP contribution in [0.1, 0.15) is 30.4 Å². The maximum atomic E-state index is 12.1. The highest BCUT2D eigenvalue weighted by Gasteiger charge is 2.43. The topological polar surface area (TPSA) is 46.9 Å². The molecule has 1 heterocycles. The highest BCUT2D eigenvalue weighted by molar-refractivity contribution is 5.82. The number of hydrogen-bond donors (Lipinski definition) is 1. The first kappa shape index (κ1) is 12.9. The number of nitrogens with one attached hydrogen (secondary N) is 1. The Morgan fingerprint density at radius 2 is 2.20 bits per heavy atom. The van der Waals surface area contributed by atoms with E-state index in [0.29, 0.717) is 12.5 Å². The van der Waals surface area contributed by atoms with Gasteiger partial charge in [-0.15, -0.1) is 0 Å². The summed E-state index contributed by atoms with van der Waals surface area (Å²) in [7, 11) is 0. The van der Waals surface area contributed by atoms with E-state index in [4.69, 9.17) is 0 Å². The van der Waals surface area contributed by atoms with Crippen molar-refractivity contribution in [2.24, 2.45) is 5.92 Å². The predicted molar refractivity (Wildman–Crippen MR) is 77.0 cm³/mol. The van der Waals surface area contributed by atoms with Crippen molar-refractivity contribution in [3.8, 4) is 0 Å². The Morgan fingerprint density at radius 3 is 2.90 bits per heavy atom. The molecule has 0 aliphatic heterocycles. The lowest BCUT2D eigenvalue weighted by molar-refractivity contribution is -0.122. The average Bonchev–Trinajstić information content (AvgIpc) is 3.17. The third-order valence-corrected chi connectivity index (χ3v) is 3.83. The highest BCUT2D eigenvalue weighted by Crippen LogP contribution is 2.47. The minimum atomic E-state index is 0.138. The molecule has 20 heavy (non-hydrogen) atoms. The van der Waals surface area contributed by atoms with Gasteiger partial charge in [0.05, 0.1) is 6.20 Å². The summed E-state index contributed by atoms with van der Waals surface area (Å²) in [5.41, 5.74) is 2.32. The number of carbonyl (C=O) groups is 1. The van der Waals surface area contributed by atoms with Crippen molar-refractivity contribution in [3.05, 3.63) is 53.9 Å². The van der Waals surface area contributed by atoms with Gasteiger partial charge in [-0.25, -0.2) is 0 Å². The van der Waals surface area contributed by atoms with E-state index in [-0.39, 0.29) is 11.8 Å². The number of benzene rings is 1. The quantitative estimate of drug-likeness (QED) is 0.905. The maximum Gasteiger partial charge on any atom is 0.224 e. The molecule has 2 unspecified atom stereocenters. The van der Waals surface area contributed by atoms with Crippen molar-refractivity contribution in [1.29, 1.82) is 0 Å². The zero-order valence-electron chi connectivity index (χ0n) is 11.6. The van der Waals surface area contributed by atoms with Crippen LogP contribution in [0.4, 0.5) is 0 Å². The van der Waals surface area contributed by atoms with E-state index in [1.54, 1.807) is 0 Å². The van der Waals surface area contributed by atoms with E-state index < -0.39 is 0 Å². The number of carbonyl (C=O) groups excluding carboxylic acids is 1. The Bertz CT molecular complexity index is 591. The molecule has 4 nitrogen and oxygen atoms in total. The second-order valence-corrected chi connectivity index (χ2v) is 5.28. The van der Waals surface area contributed by atoms with Crippen LogP contribution in [0.3, 0.4) is 0 Å². The lowest BCUT2D eigenvalue weighted by Crippen LogP contribution is -2.24. The molecule has 1 aliphatic rings. The third-order valence-electron chi connectivity index (χ3n) is 3.83. The van der Waals surface area contributed by atoms with Crippen molar-refractivity contribution in [2.45, 2.75) is 32.4 Å². The fourth-order valence-corrected chi connectivity index (χ4v) is 2.54. The van der Waals surface area contributed by atoms with Crippen molar-refractivity contribution in [1.82, 2.24) is 15.1 Å². The lowest BCUT2D eigenvalue weighted by atomic mass is 10.1. The number of hydrogen-bond acceptors (Lipinski definition) is 2. The van der Waals surface area contributed by atoms with Gasteiger partial charge in [-0.3, -0.25) is 9.48 Å².